The molecule has 3 heterocycles. The van der Waals surface area contributed by atoms with Crippen LogP contribution in [0.1, 0.15) is 35.2 Å². The van der Waals surface area contributed by atoms with Crippen molar-refractivity contribution in [1.29, 1.82) is 0 Å². The second-order valence-electron chi connectivity index (χ2n) is 9.73. The Bertz CT molecular complexity index is 1570. The predicted molar refractivity (Wildman–Crippen MR) is 144 cm³/mol. The Morgan fingerprint density at radius 3 is 2.59 bits per heavy atom. The van der Waals surface area contributed by atoms with Crippen LogP contribution in [-0.2, 0) is 21.7 Å². The largest absolute Gasteiger partial charge is 0.496 e. The van der Waals surface area contributed by atoms with Crippen LogP contribution < -0.4 is 4.74 Å². The summed E-state index contributed by atoms with van der Waals surface area (Å²) in [5.74, 6) is 0.326. The van der Waals surface area contributed by atoms with Crippen LogP contribution in [0.4, 0.5) is 0 Å². The van der Waals surface area contributed by atoms with Crippen LogP contribution in [-0.4, -0.2) is 46.8 Å². The number of aromatic nitrogens is 1. The summed E-state index contributed by atoms with van der Waals surface area (Å²) in [5.41, 5.74) is 3.21. The SMILES string of the molecule is COc1ccccc1[C@H]1CN2C(=O)CN(Cc3ccc(Cl)cc3Cl)C(=O)[C@]2(C)c2[nH]c3ccccc3c21. The van der Waals surface area contributed by atoms with Gasteiger partial charge in [0.15, 0.2) is 5.54 Å². The second-order valence-corrected chi connectivity index (χ2v) is 10.6. The van der Waals surface area contributed by atoms with Gasteiger partial charge in [-0.25, -0.2) is 0 Å². The molecule has 1 aromatic heterocycles. The molecule has 1 fully saturated rings. The highest BCUT2D eigenvalue weighted by atomic mass is 35.5. The van der Waals surface area contributed by atoms with Crippen molar-refractivity contribution in [3.05, 3.63) is 99.2 Å². The topological polar surface area (TPSA) is 65.6 Å². The highest BCUT2D eigenvalue weighted by molar-refractivity contribution is 6.35. The number of nitrogens with one attached hydrogen (secondary N) is 1. The first kappa shape index (κ1) is 23.9. The van der Waals surface area contributed by atoms with E-state index in [0.29, 0.717) is 16.6 Å². The van der Waals surface area contributed by atoms with Crippen LogP contribution in [0.2, 0.25) is 10.0 Å². The van der Waals surface area contributed by atoms with Crippen LogP contribution in [0.15, 0.2) is 66.7 Å². The van der Waals surface area contributed by atoms with Gasteiger partial charge in [0.1, 0.15) is 12.3 Å². The van der Waals surface area contributed by atoms with Gasteiger partial charge >= 0.3 is 0 Å². The number of H-pyrrole nitrogens is 1. The smallest absolute Gasteiger partial charge is 0.255 e. The summed E-state index contributed by atoms with van der Waals surface area (Å²) < 4.78 is 5.70. The molecule has 4 aromatic rings. The summed E-state index contributed by atoms with van der Waals surface area (Å²) in [4.78, 5) is 34.8. The molecule has 0 aliphatic carbocycles. The average Bonchev–Trinajstić information content (AvgIpc) is 3.29. The number of hydrogen-bond acceptors (Lipinski definition) is 3. The molecule has 1 N–H and O–H groups in total. The van der Waals surface area contributed by atoms with Gasteiger partial charge in [-0.1, -0.05) is 65.7 Å². The number of halogens is 2. The number of amides is 2. The minimum atomic E-state index is -1.19. The molecule has 1 saturated heterocycles. The molecule has 3 aromatic carbocycles. The van der Waals surface area contributed by atoms with Crippen molar-refractivity contribution >= 4 is 45.9 Å². The number of carbonyl (C=O) groups excluding carboxylic acids is 2. The minimum Gasteiger partial charge on any atom is -0.496 e. The highest BCUT2D eigenvalue weighted by Gasteiger charge is 2.56. The van der Waals surface area contributed by atoms with E-state index in [0.717, 1.165) is 39.0 Å². The Kier molecular flexibility index (Phi) is 5.70. The Labute approximate surface area is 224 Å². The molecular weight excluding hydrogens is 509 g/mol. The van der Waals surface area contributed by atoms with Gasteiger partial charge in [0.25, 0.3) is 5.91 Å². The molecule has 37 heavy (non-hydrogen) atoms. The van der Waals surface area contributed by atoms with Crippen LogP contribution in [0.25, 0.3) is 10.9 Å². The number of benzene rings is 3. The van der Waals surface area contributed by atoms with E-state index in [1.807, 2.05) is 49.4 Å². The van der Waals surface area contributed by atoms with E-state index < -0.39 is 5.54 Å². The molecule has 0 radical (unpaired) electrons. The summed E-state index contributed by atoms with van der Waals surface area (Å²) in [6.07, 6.45) is 0. The maximum Gasteiger partial charge on any atom is 0.255 e. The Morgan fingerprint density at radius 2 is 1.81 bits per heavy atom. The third-order valence-corrected chi connectivity index (χ3v) is 8.29. The van der Waals surface area contributed by atoms with Gasteiger partial charge < -0.3 is 19.5 Å². The van der Waals surface area contributed by atoms with Crippen LogP contribution in [0.3, 0.4) is 0 Å². The summed E-state index contributed by atoms with van der Waals surface area (Å²) in [6, 6.07) is 21.1. The fourth-order valence-corrected chi connectivity index (χ4v) is 6.36. The number of rotatable bonds is 4. The van der Waals surface area contributed by atoms with Crippen LogP contribution >= 0.6 is 23.2 Å². The van der Waals surface area contributed by atoms with Gasteiger partial charge in [-0.05, 0) is 42.3 Å². The average molecular weight is 534 g/mol. The summed E-state index contributed by atoms with van der Waals surface area (Å²) in [5, 5.41) is 2.02. The molecular formula is C29H25Cl2N3O3. The lowest BCUT2D eigenvalue weighted by Crippen LogP contribution is -2.67. The van der Waals surface area contributed by atoms with Crippen molar-refractivity contribution in [3.8, 4) is 5.75 Å². The number of fused-ring (bicyclic) bond motifs is 5. The molecule has 0 spiro atoms. The lowest BCUT2D eigenvalue weighted by atomic mass is 9.76. The highest BCUT2D eigenvalue weighted by Crippen LogP contribution is 2.49. The van der Waals surface area contributed by atoms with E-state index in [2.05, 4.69) is 11.1 Å². The molecule has 0 saturated carbocycles. The Hall–Kier alpha value is -3.48. The zero-order chi connectivity index (χ0) is 25.9. The zero-order valence-corrected chi connectivity index (χ0v) is 21.9. The van der Waals surface area contributed by atoms with E-state index in [-0.39, 0.29) is 30.8 Å². The molecule has 188 valence electrons. The predicted octanol–water partition coefficient (Wildman–Crippen LogP) is 5.72. The van der Waals surface area contributed by atoms with Gasteiger partial charge in [-0.2, -0.15) is 0 Å². The van der Waals surface area contributed by atoms with Gasteiger partial charge in [-0.15, -0.1) is 0 Å². The van der Waals surface area contributed by atoms with Crippen molar-refractivity contribution in [3.63, 3.8) is 0 Å². The van der Waals surface area contributed by atoms with Crippen LogP contribution in [0, 0.1) is 0 Å². The molecule has 0 bridgehead atoms. The first-order chi connectivity index (χ1) is 17.8. The van der Waals surface area contributed by atoms with E-state index in [1.54, 1.807) is 35.1 Å². The number of methoxy groups -OCH3 is 1. The number of piperazine rings is 1. The minimum absolute atomic E-state index is 0.0262. The molecule has 8 heteroatoms. The van der Waals surface area contributed by atoms with Crippen LogP contribution in [0.5, 0.6) is 5.75 Å². The Balaban J connectivity index is 1.51. The fourth-order valence-electron chi connectivity index (χ4n) is 5.89. The lowest BCUT2D eigenvalue weighted by Gasteiger charge is -2.51. The number of carbonyl (C=O) groups is 2. The normalized spacial score (nSPS) is 21.2. The van der Waals surface area contributed by atoms with Crippen molar-refractivity contribution < 1.29 is 14.3 Å². The molecule has 2 atom stereocenters. The standard InChI is InChI=1S/C29H25Cl2N3O3/c1-29-27-26(20-8-3-5-9-23(20)32-27)21(19-7-4-6-10-24(19)37-2)15-34(29)25(35)16-33(28(29)36)14-17-11-12-18(30)13-22(17)31/h3-13,21,32H,14-16H2,1-2H3/t21-,29+/m1/s1. The molecule has 2 amide bonds. The number of nitrogens with zero attached hydrogens (tertiary/aromatic N) is 2. The van der Waals surface area contributed by atoms with Gasteiger partial charge in [0.2, 0.25) is 5.91 Å². The summed E-state index contributed by atoms with van der Waals surface area (Å²) >= 11 is 12.5. The molecule has 2 aliphatic heterocycles. The molecule has 6 rings (SSSR count). The van der Waals surface area contributed by atoms with Crippen molar-refractivity contribution in [2.75, 3.05) is 20.2 Å². The Morgan fingerprint density at radius 1 is 1.05 bits per heavy atom. The molecule has 0 unspecified atom stereocenters. The third-order valence-electron chi connectivity index (χ3n) is 7.71. The van der Waals surface area contributed by atoms with Crippen molar-refractivity contribution in [2.24, 2.45) is 0 Å². The summed E-state index contributed by atoms with van der Waals surface area (Å²) in [6.45, 7) is 2.40. The molecule has 2 aliphatic rings. The van der Waals surface area contributed by atoms with E-state index in [1.165, 1.54) is 0 Å². The zero-order valence-electron chi connectivity index (χ0n) is 20.4. The van der Waals surface area contributed by atoms with Crippen molar-refractivity contribution in [2.45, 2.75) is 24.9 Å². The van der Waals surface area contributed by atoms with E-state index in [9.17, 15) is 9.59 Å². The van der Waals surface area contributed by atoms with E-state index in [4.69, 9.17) is 27.9 Å². The summed E-state index contributed by atoms with van der Waals surface area (Å²) in [7, 11) is 1.65. The second kappa shape index (κ2) is 8.82. The van der Waals surface area contributed by atoms with Crippen molar-refractivity contribution in [1.82, 2.24) is 14.8 Å². The fraction of sp³-hybridized carbons (Fsp3) is 0.241. The maximum atomic E-state index is 14.2. The lowest BCUT2D eigenvalue weighted by molar-refractivity contribution is -0.166. The van der Waals surface area contributed by atoms with Gasteiger partial charge in [-0.3, -0.25) is 9.59 Å². The van der Waals surface area contributed by atoms with Gasteiger partial charge in [0.05, 0.1) is 12.8 Å². The number of hydrogen-bond donors (Lipinski definition) is 1. The third kappa shape index (κ3) is 3.62. The number of para-hydroxylation sites is 2. The van der Waals surface area contributed by atoms with Gasteiger partial charge in [0, 0.05) is 45.5 Å². The number of aromatic amines is 1. The van der Waals surface area contributed by atoms with E-state index >= 15 is 0 Å². The first-order valence-corrected chi connectivity index (χ1v) is 12.9. The molecule has 6 nitrogen and oxygen atoms in total. The monoisotopic (exact) mass is 533 g/mol. The quantitative estimate of drug-likeness (QED) is 0.365. The maximum absolute atomic E-state index is 14.2. The number of ether oxygens (including phenoxy) is 1. The first-order valence-electron chi connectivity index (χ1n) is 12.1.